The number of imidazole rings is 2. The van der Waals surface area contributed by atoms with Crippen molar-refractivity contribution in [3.8, 4) is 39.5 Å². The van der Waals surface area contributed by atoms with Crippen molar-refractivity contribution >= 4 is 34.9 Å². The van der Waals surface area contributed by atoms with Gasteiger partial charge >= 0.3 is 12.2 Å². The molecule has 18 nitrogen and oxygen atoms in total. The number of methoxy groups -OCH3 is 2. The van der Waals surface area contributed by atoms with Crippen LogP contribution in [-0.4, -0.2) is 103 Å². The van der Waals surface area contributed by atoms with E-state index in [0.29, 0.717) is 66.0 Å². The van der Waals surface area contributed by atoms with Gasteiger partial charge in [0.05, 0.1) is 72.6 Å². The lowest BCUT2D eigenvalue weighted by Crippen LogP contribution is -2.51. The lowest BCUT2D eigenvalue weighted by atomic mass is 10.0. The van der Waals surface area contributed by atoms with Crippen molar-refractivity contribution < 1.29 is 42.3 Å². The maximum Gasteiger partial charge on any atom is 0.407 e. The summed E-state index contributed by atoms with van der Waals surface area (Å²) < 4.78 is 41.0. The molecule has 7 heterocycles. The van der Waals surface area contributed by atoms with Gasteiger partial charge in [0.25, 0.3) is 0 Å². The molecule has 0 bridgehead atoms. The zero-order valence-electron chi connectivity index (χ0n) is 39.4. The first-order valence-electron chi connectivity index (χ1n) is 23.2. The Hall–Kier alpha value is -7.18. The quantitative estimate of drug-likeness (QED) is 0.0915. The molecule has 0 saturated carbocycles. The van der Waals surface area contributed by atoms with Crippen LogP contribution in [0, 0.1) is 17.7 Å². The number of likely N-dealkylation sites (tertiary alicyclic amines) is 2. The van der Waals surface area contributed by atoms with Crippen molar-refractivity contribution in [2.45, 2.75) is 104 Å². The first kappa shape index (κ1) is 46.0. The van der Waals surface area contributed by atoms with E-state index in [-0.39, 0.29) is 47.2 Å². The largest absolute Gasteiger partial charge is 0.462 e. The number of rotatable bonds is 12. The van der Waals surface area contributed by atoms with Gasteiger partial charge in [0.1, 0.15) is 35.3 Å². The number of nitrogens with one attached hydrogen (secondary N) is 4. The molecule has 3 aliphatic rings. The number of carbonyl (C=O) groups excluding carboxylic acids is 4. The first-order valence-corrected chi connectivity index (χ1v) is 23.2. The molecule has 9 rings (SSSR count). The van der Waals surface area contributed by atoms with Gasteiger partial charge in [0, 0.05) is 35.7 Å². The Morgan fingerprint density at radius 2 is 1.34 bits per heavy atom. The molecule has 2 unspecified atom stereocenters. The molecule has 19 heteroatoms. The lowest BCUT2D eigenvalue weighted by molar-refractivity contribution is -0.136. The summed E-state index contributed by atoms with van der Waals surface area (Å²) in [6, 6.07) is 10.7. The molecule has 68 heavy (non-hydrogen) atoms. The normalized spacial score (nSPS) is 18.7. The van der Waals surface area contributed by atoms with Gasteiger partial charge < -0.3 is 49.1 Å². The number of hydrogen-bond donors (Lipinski definition) is 4. The average Bonchev–Trinajstić information content (AvgIpc) is 4.18. The summed E-state index contributed by atoms with van der Waals surface area (Å²) in [6.45, 7) is 12.5. The van der Waals surface area contributed by atoms with E-state index in [1.54, 1.807) is 28.3 Å². The van der Waals surface area contributed by atoms with Crippen molar-refractivity contribution in [3.63, 3.8) is 0 Å². The predicted molar refractivity (Wildman–Crippen MR) is 248 cm³/mol. The standard InChI is InChI=1S/C49H57FN10O8/c1-24(2)31-21-39(68-57-31)47-60-34-14-13-27(32-22-51-43(53-32)35-11-9-15-58(35)45(61)41(25(3)4)55-48(63)65-7)17-29(34)19-37(60)40-30(50)18-28(20-38(40)67-47)33-23-52-44(54-33)36-12-10-16-59(36)46(62)42(26(5)6)56-49(64)66-8/h13-14,17-26,35-36,41-42,47H,9-12,15-16H2,1-8H3,(H,51,53)(H,52,54)(H,55,63)(H,56,64)/t35?,36-,41-,42-,47?/m0/s1. The zero-order valence-corrected chi connectivity index (χ0v) is 39.4. The molecule has 2 aromatic carbocycles. The van der Waals surface area contributed by atoms with Gasteiger partial charge in [0.2, 0.25) is 18.0 Å². The average molecular weight is 933 g/mol. The molecule has 358 valence electrons. The second kappa shape index (κ2) is 18.5. The molecule has 4 N–H and O–H groups in total. The van der Waals surface area contributed by atoms with E-state index >= 15 is 4.39 Å². The Labute approximate surface area is 392 Å². The molecule has 0 aliphatic carbocycles. The number of aromatic nitrogens is 6. The summed E-state index contributed by atoms with van der Waals surface area (Å²) in [5, 5.41) is 10.5. The topological polar surface area (TPSA) is 215 Å². The van der Waals surface area contributed by atoms with E-state index < -0.39 is 36.3 Å². The fraction of sp³-hybridized carbons (Fsp3) is 0.449. The third-order valence-corrected chi connectivity index (χ3v) is 13.3. The number of benzene rings is 2. The number of halogens is 1. The molecule has 4 amide bonds. The van der Waals surface area contributed by atoms with E-state index in [2.05, 4.69) is 30.7 Å². The minimum absolute atomic E-state index is 0.0822. The highest BCUT2D eigenvalue weighted by Crippen LogP contribution is 2.48. The molecule has 2 fully saturated rings. The number of carbonyl (C=O) groups is 4. The molecular weight excluding hydrogens is 876 g/mol. The summed E-state index contributed by atoms with van der Waals surface area (Å²) in [5.74, 6) is 0.719. The first-order chi connectivity index (χ1) is 32.6. The van der Waals surface area contributed by atoms with Crippen LogP contribution in [0.25, 0.3) is 44.7 Å². The van der Waals surface area contributed by atoms with E-state index in [4.69, 9.17) is 23.7 Å². The third kappa shape index (κ3) is 8.42. The maximum absolute atomic E-state index is 16.9. The summed E-state index contributed by atoms with van der Waals surface area (Å²) in [7, 11) is 2.53. The van der Waals surface area contributed by atoms with E-state index in [1.165, 1.54) is 20.3 Å². The van der Waals surface area contributed by atoms with Gasteiger partial charge in [-0.15, -0.1) is 0 Å². The van der Waals surface area contributed by atoms with Gasteiger partial charge in [0.15, 0.2) is 5.76 Å². The van der Waals surface area contributed by atoms with Crippen molar-refractivity contribution in [2.24, 2.45) is 11.8 Å². The second-order valence-corrected chi connectivity index (χ2v) is 18.7. The minimum Gasteiger partial charge on any atom is -0.462 e. The van der Waals surface area contributed by atoms with Crippen molar-refractivity contribution in [1.82, 2.24) is 50.1 Å². The molecule has 0 spiro atoms. The van der Waals surface area contributed by atoms with Gasteiger partial charge in [-0.1, -0.05) is 52.8 Å². The van der Waals surface area contributed by atoms with Gasteiger partial charge in [-0.25, -0.2) is 23.9 Å². The van der Waals surface area contributed by atoms with Gasteiger partial charge in [-0.3, -0.25) is 14.2 Å². The number of amides is 4. The minimum atomic E-state index is -0.841. The molecule has 3 aliphatic heterocycles. The molecule has 0 radical (unpaired) electrons. The van der Waals surface area contributed by atoms with Gasteiger partial charge in [-0.05, 0) is 73.8 Å². The second-order valence-electron chi connectivity index (χ2n) is 18.7. The van der Waals surface area contributed by atoms with Crippen LogP contribution < -0.4 is 15.4 Å². The molecule has 4 aromatic heterocycles. The van der Waals surface area contributed by atoms with E-state index in [0.717, 1.165) is 40.7 Å². The summed E-state index contributed by atoms with van der Waals surface area (Å²) in [6.07, 6.45) is 4.09. The number of aromatic amines is 2. The summed E-state index contributed by atoms with van der Waals surface area (Å²) in [4.78, 5) is 71.6. The van der Waals surface area contributed by atoms with Crippen molar-refractivity contribution in [3.05, 3.63) is 83.8 Å². The number of alkyl carbamates (subject to hydrolysis) is 2. The van der Waals surface area contributed by atoms with Crippen molar-refractivity contribution in [1.29, 1.82) is 0 Å². The van der Waals surface area contributed by atoms with Gasteiger partial charge in [-0.2, -0.15) is 0 Å². The van der Waals surface area contributed by atoms with Crippen LogP contribution in [0.4, 0.5) is 14.0 Å². The Morgan fingerprint density at radius 1 is 0.765 bits per heavy atom. The Bertz CT molecular complexity index is 2880. The fourth-order valence-corrected chi connectivity index (χ4v) is 9.67. The van der Waals surface area contributed by atoms with E-state index in [9.17, 15) is 19.2 Å². The Balaban J connectivity index is 1.03. The van der Waals surface area contributed by atoms with Crippen LogP contribution in [-0.2, 0) is 19.1 Å². The number of ether oxygens (including phenoxy) is 3. The Morgan fingerprint density at radius 3 is 1.87 bits per heavy atom. The highest BCUT2D eigenvalue weighted by Gasteiger charge is 2.40. The van der Waals surface area contributed by atoms with Crippen LogP contribution in [0.2, 0.25) is 0 Å². The highest BCUT2D eigenvalue weighted by molar-refractivity contribution is 5.93. The predicted octanol–water partition coefficient (Wildman–Crippen LogP) is 8.37. The molecule has 5 atom stereocenters. The Kier molecular flexibility index (Phi) is 12.5. The maximum atomic E-state index is 16.9. The molecular formula is C49H57FN10O8. The fourth-order valence-electron chi connectivity index (χ4n) is 9.67. The SMILES string of the molecule is COC(=O)N[C@H](C(=O)N1CCCC1c1ncc(-c2ccc3c(c2)cc2n3C(c3cc(C(C)C)no3)Oc3cc(-c4cnc([C@@H]5CCCN5C(=O)[C@@H](NC(=O)OC)C(C)C)[nH]4)cc(F)c3-2)[nH]1)C(C)C. The zero-order chi connectivity index (χ0) is 48.1. The summed E-state index contributed by atoms with van der Waals surface area (Å²) >= 11 is 0. The third-order valence-electron chi connectivity index (χ3n) is 13.3. The monoisotopic (exact) mass is 932 g/mol. The number of hydrogen-bond acceptors (Lipinski definition) is 11. The van der Waals surface area contributed by atoms with E-state index in [1.807, 2.05) is 76.4 Å². The van der Waals surface area contributed by atoms with Crippen LogP contribution in [0.15, 0.2) is 59.4 Å². The van der Waals surface area contributed by atoms with Crippen molar-refractivity contribution in [2.75, 3.05) is 27.3 Å². The lowest BCUT2D eigenvalue weighted by Gasteiger charge is -2.30. The van der Waals surface area contributed by atoms with Crippen LogP contribution in [0.5, 0.6) is 5.75 Å². The number of nitrogens with zero attached hydrogens (tertiary/aromatic N) is 6. The van der Waals surface area contributed by atoms with Crippen LogP contribution in [0.1, 0.15) is 115 Å². The van der Waals surface area contributed by atoms with Crippen LogP contribution >= 0.6 is 0 Å². The molecule has 2 saturated heterocycles. The molecule has 6 aromatic rings. The summed E-state index contributed by atoms with van der Waals surface area (Å²) in [5.41, 5.74) is 4.96. The van der Waals surface area contributed by atoms with Crippen LogP contribution in [0.3, 0.4) is 0 Å². The number of H-pyrrole nitrogens is 2. The number of fused-ring (bicyclic) bond motifs is 5. The highest BCUT2D eigenvalue weighted by atomic mass is 19.1. The smallest absolute Gasteiger partial charge is 0.407 e.